The molecule has 0 heterocycles. The van der Waals surface area contributed by atoms with Crippen LogP contribution >= 0.6 is 11.6 Å². The van der Waals surface area contributed by atoms with Gasteiger partial charge in [-0.1, -0.05) is 39.3 Å². The third kappa shape index (κ3) is 3.34. The largest absolute Gasteiger partial charge is 0.489 e. The molecule has 0 saturated heterocycles. The first kappa shape index (κ1) is 23.1. The second kappa shape index (κ2) is 7.48. The van der Waals surface area contributed by atoms with Crippen LogP contribution in [0.15, 0.2) is 18.2 Å². The van der Waals surface area contributed by atoms with E-state index in [1.165, 1.54) is 0 Å². The molecule has 1 N–H and O–H groups in total. The Labute approximate surface area is 195 Å². The number of ketones is 1. The summed E-state index contributed by atoms with van der Waals surface area (Å²) in [5.41, 5.74) is -0.649. The number of carbonyl (C=O) groups excluding carboxylic acids is 2. The van der Waals surface area contributed by atoms with E-state index in [0.29, 0.717) is 16.3 Å². The number of benzene rings is 1. The number of Topliss-reactive ketones (excluding diaryl/α,β-unsaturated/α-hetero) is 1. The zero-order valence-corrected chi connectivity index (χ0v) is 20.4. The number of carbonyl (C=O) groups is 2. The van der Waals surface area contributed by atoms with Gasteiger partial charge in [0.25, 0.3) is 0 Å². The molecule has 0 aromatic heterocycles. The van der Waals surface area contributed by atoms with E-state index in [2.05, 4.69) is 39.1 Å². The maximum absolute atomic E-state index is 13.5. The second-order valence-corrected chi connectivity index (χ2v) is 11.8. The minimum atomic E-state index is -0.337. The first-order valence-corrected chi connectivity index (χ1v) is 11.9. The molecule has 1 aromatic rings. The number of halogens is 1. The molecule has 1 aromatic carbocycles. The topological polar surface area (TPSA) is 79.2 Å². The zero-order chi connectivity index (χ0) is 23.5. The van der Waals surface area contributed by atoms with E-state index in [1.54, 1.807) is 25.1 Å². The number of nitrogens with one attached hydrogen (secondary N) is 1. The van der Waals surface area contributed by atoms with Gasteiger partial charge in [-0.15, -0.1) is 0 Å². The first-order valence-electron chi connectivity index (χ1n) is 11.6. The summed E-state index contributed by atoms with van der Waals surface area (Å²) in [7, 11) is 0. The quantitative estimate of drug-likeness (QED) is 0.639. The highest BCUT2D eigenvalue weighted by atomic mass is 35.5. The number of nitrogens with zero attached hydrogens (tertiary/aromatic N) is 1. The molecule has 4 fully saturated rings. The van der Waals surface area contributed by atoms with Crippen molar-refractivity contribution in [2.45, 2.75) is 85.3 Å². The molecule has 5 nitrogen and oxygen atoms in total. The number of fused-ring (bicyclic) bond motifs is 3. The Morgan fingerprint density at radius 1 is 1.03 bits per heavy atom. The highest BCUT2D eigenvalue weighted by molar-refractivity contribution is 6.31. The molecule has 4 saturated carbocycles. The number of ether oxygens (including phenoxy) is 1. The van der Waals surface area contributed by atoms with Crippen LogP contribution in [0.3, 0.4) is 0 Å². The number of rotatable bonds is 5. The molecule has 4 aliphatic carbocycles. The van der Waals surface area contributed by atoms with Gasteiger partial charge in [0.1, 0.15) is 23.7 Å². The fourth-order valence-electron chi connectivity index (χ4n) is 6.93. The lowest BCUT2D eigenvalue weighted by Crippen LogP contribution is -2.75. The number of hydrogen-bond donors (Lipinski definition) is 1. The Bertz CT molecular complexity index is 966. The van der Waals surface area contributed by atoms with E-state index in [0.717, 1.165) is 38.5 Å². The van der Waals surface area contributed by atoms with Crippen LogP contribution in [0.2, 0.25) is 5.02 Å². The van der Waals surface area contributed by atoms with Crippen LogP contribution in [-0.4, -0.2) is 23.8 Å². The first-order chi connectivity index (χ1) is 14.9. The Hall–Kier alpha value is -2.06. The predicted octanol–water partition coefficient (Wildman–Crippen LogP) is 5.44. The number of hydrogen-bond acceptors (Lipinski definition) is 4. The van der Waals surface area contributed by atoms with E-state index >= 15 is 0 Å². The van der Waals surface area contributed by atoms with Crippen LogP contribution in [-0.2, 0) is 9.59 Å². The summed E-state index contributed by atoms with van der Waals surface area (Å²) in [5, 5.41) is 12.9. The maximum Gasteiger partial charge on any atom is 0.226 e. The lowest BCUT2D eigenvalue weighted by atomic mass is 9.48. The summed E-state index contributed by atoms with van der Waals surface area (Å²) < 4.78 is 6.33. The molecule has 2 bridgehead atoms. The van der Waals surface area contributed by atoms with E-state index in [9.17, 15) is 9.59 Å². The maximum atomic E-state index is 13.5. The Morgan fingerprint density at radius 3 is 2.03 bits per heavy atom. The minimum absolute atomic E-state index is 0.0304. The van der Waals surface area contributed by atoms with Crippen LogP contribution in [0.5, 0.6) is 5.75 Å². The van der Waals surface area contributed by atoms with Crippen molar-refractivity contribution >= 4 is 23.3 Å². The minimum Gasteiger partial charge on any atom is -0.489 e. The predicted molar refractivity (Wildman–Crippen MR) is 123 cm³/mol. The third-order valence-electron chi connectivity index (χ3n) is 8.90. The molecule has 4 aliphatic rings. The van der Waals surface area contributed by atoms with Crippen molar-refractivity contribution in [2.24, 2.45) is 21.7 Å². The molecule has 172 valence electrons. The smallest absolute Gasteiger partial charge is 0.226 e. The SMILES string of the molecule is CC(=O)C12CCC(C(=O)N[C@H]3C(C)(C)[C@H](Oc4ccc(C#N)c(Cl)c4)C3(C)C)(CC1)CC2. The molecule has 5 rings (SSSR count). The molecule has 0 unspecified atom stereocenters. The average molecular weight is 457 g/mol. The highest BCUT2D eigenvalue weighted by Crippen LogP contribution is 2.59. The van der Waals surface area contributed by atoms with Gasteiger partial charge in [-0.05, 0) is 57.6 Å². The summed E-state index contributed by atoms with van der Waals surface area (Å²) in [6.45, 7) is 10.2. The van der Waals surface area contributed by atoms with Crippen LogP contribution in [0.25, 0.3) is 0 Å². The Kier molecular flexibility index (Phi) is 5.41. The number of nitriles is 1. The molecule has 0 spiro atoms. The molecular weight excluding hydrogens is 424 g/mol. The molecule has 6 heteroatoms. The molecular formula is C26H33ClN2O3. The van der Waals surface area contributed by atoms with Gasteiger partial charge in [0.05, 0.1) is 10.6 Å². The summed E-state index contributed by atoms with van der Waals surface area (Å²) in [6.07, 6.45) is 4.78. The Balaban J connectivity index is 1.46. The van der Waals surface area contributed by atoms with Crippen molar-refractivity contribution in [1.82, 2.24) is 5.32 Å². The highest BCUT2D eigenvalue weighted by Gasteiger charge is 2.65. The molecule has 0 atom stereocenters. The van der Waals surface area contributed by atoms with Gasteiger partial charge < -0.3 is 10.1 Å². The van der Waals surface area contributed by atoms with Gasteiger partial charge in [-0.3, -0.25) is 9.59 Å². The molecule has 0 aliphatic heterocycles. The number of amides is 1. The van der Waals surface area contributed by atoms with Gasteiger partial charge in [0.15, 0.2) is 0 Å². The lowest BCUT2D eigenvalue weighted by molar-refractivity contribution is -0.180. The fraction of sp³-hybridized carbons (Fsp3) is 0.654. The average Bonchev–Trinajstić information content (AvgIpc) is 2.76. The van der Waals surface area contributed by atoms with Gasteiger partial charge in [-0.25, -0.2) is 0 Å². The van der Waals surface area contributed by atoms with Crippen molar-refractivity contribution in [1.29, 1.82) is 5.26 Å². The van der Waals surface area contributed by atoms with E-state index in [1.807, 2.05) is 0 Å². The fourth-order valence-corrected chi connectivity index (χ4v) is 7.15. The van der Waals surface area contributed by atoms with Crippen LogP contribution in [0.4, 0.5) is 0 Å². The van der Waals surface area contributed by atoms with Crippen LogP contribution in [0.1, 0.15) is 78.7 Å². The third-order valence-corrected chi connectivity index (χ3v) is 9.22. The summed E-state index contributed by atoms with van der Waals surface area (Å²) >= 11 is 6.18. The lowest BCUT2D eigenvalue weighted by Gasteiger charge is -2.63. The van der Waals surface area contributed by atoms with E-state index < -0.39 is 0 Å². The zero-order valence-electron chi connectivity index (χ0n) is 19.7. The standard InChI is InChI=1S/C26H33ClN2O3/c1-16(30)25-8-11-26(12-9-25,13-10-25)22(31)29-20-23(2,3)21(24(20,4)5)32-18-7-6-17(15-28)19(27)14-18/h6-7,14,20-21H,8-13H2,1-5H3,(H,29,31)/t20-,21-,25?,26?. The van der Waals surface area contributed by atoms with Gasteiger partial charge >= 0.3 is 0 Å². The van der Waals surface area contributed by atoms with Crippen molar-refractivity contribution in [3.8, 4) is 11.8 Å². The molecule has 1 amide bonds. The van der Waals surface area contributed by atoms with Gasteiger partial charge in [0, 0.05) is 33.8 Å². The summed E-state index contributed by atoms with van der Waals surface area (Å²) in [5.74, 6) is 1.05. The van der Waals surface area contributed by atoms with Crippen molar-refractivity contribution in [2.75, 3.05) is 0 Å². The van der Waals surface area contributed by atoms with Crippen molar-refractivity contribution < 1.29 is 14.3 Å². The van der Waals surface area contributed by atoms with Gasteiger partial charge in [-0.2, -0.15) is 5.26 Å². The van der Waals surface area contributed by atoms with Crippen molar-refractivity contribution in [3.63, 3.8) is 0 Å². The van der Waals surface area contributed by atoms with Crippen LogP contribution in [0, 0.1) is 33.0 Å². The van der Waals surface area contributed by atoms with Crippen LogP contribution < -0.4 is 10.1 Å². The summed E-state index contributed by atoms with van der Waals surface area (Å²) in [4.78, 5) is 25.7. The summed E-state index contributed by atoms with van der Waals surface area (Å²) in [6, 6.07) is 7.15. The normalized spacial score (nSPS) is 34.2. The van der Waals surface area contributed by atoms with E-state index in [4.69, 9.17) is 21.6 Å². The monoisotopic (exact) mass is 456 g/mol. The van der Waals surface area contributed by atoms with Crippen molar-refractivity contribution in [3.05, 3.63) is 28.8 Å². The van der Waals surface area contributed by atoms with Gasteiger partial charge in [0.2, 0.25) is 5.91 Å². The molecule has 32 heavy (non-hydrogen) atoms. The Morgan fingerprint density at radius 2 is 1.56 bits per heavy atom. The second-order valence-electron chi connectivity index (χ2n) is 11.4. The molecule has 0 radical (unpaired) electrons. The van der Waals surface area contributed by atoms with E-state index in [-0.39, 0.29) is 45.5 Å².